The van der Waals surface area contributed by atoms with Gasteiger partial charge in [-0.1, -0.05) is 41.4 Å². The highest BCUT2D eigenvalue weighted by molar-refractivity contribution is 6.38. The van der Waals surface area contributed by atoms with Crippen LogP contribution in [0.1, 0.15) is 16.7 Å². The van der Waals surface area contributed by atoms with Crippen molar-refractivity contribution < 1.29 is 9.94 Å². The van der Waals surface area contributed by atoms with Crippen LogP contribution in [0, 0.1) is 0 Å². The van der Waals surface area contributed by atoms with Crippen LogP contribution in [0.2, 0.25) is 10.0 Å². The maximum Gasteiger partial charge on any atom is 0.229 e. The van der Waals surface area contributed by atoms with Crippen molar-refractivity contribution in [3.63, 3.8) is 0 Å². The van der Waals surface area contributed by atoms with E-state index in [1.54, 1.807) is 30.5 Å². The molecule has 1 aliphatic rings. The molecule has 6 nitrogen and oxygen atoms in total. The molecular weight excluding hydrogens is 411 g/mol. The largest absolute Gasteiger partial charge is 0.392 e. The fourth-order valence-corrected chi connectivity index (χ4v) is 3.83. The van der Waals surface area contributed by atoms with Gasteiger partial charge < -0.3 is 10.4 Å². The molecule has 0 aliphatic carbocycles. The number of aliphatic hydroxyl groups is 1. The van der Waals surface area contributed by atoms with E-state index in [2.05, 4.69) is 15.3 Å². The molecule has 1 aliphatic heterocycles. The first-order valence-electron chi connectivity index (χ1n) is 8.89. The number of nitrogens with one attached hydrogen (secondary N) is 1. The van der Waals surface area contributed by atoms with Crippen LogP contribution < -0.4 is 10.4 Å². The van der Waals surface area contributed by atoms with E-state index in [-0.39, 0.29) is 6.61 Å². The molecule has 0 saturated carbocycles. The first-order valence-corrected chi connectivity index (χ1v) is 9.65. The number of hydrogen-bond acceptors (Lipinski definition) is 6. The second-order valence-corrected chi connectivity index (χ2v) is 7.26. The van der Waals surface area contributed by atoms with Gasteiger partial charge in [-0.2, -0.15) is 4.98 Å². The number of nitrogens with zero attached hydrogens (tertiary/aromatic N) is 3. The monoisotopic (exact) mass is 428 g/mol. The predicted octanol–water partition coefficient (Wildman–Crippen LogP) is 4.94. The van der Waals surface area contributed by atoms with Crippen LogP contribution in [0.5, 0.6) is 0 Å². The Morgan fingerprint density at radius 1 is 1.17 bits per heavy atom. The summed E-state index contributed by atoms with van der Waals surface area (Å²) in [5.41, 5.74) is 4.06. The van der Waals surface area contributed by atoms with E-state index in [1.807, 2.05) is 36.4 Å². The van der Waals surface area contributed by atoms with Gasteiger partial charge in [-0.3, -0.25) is 4.84 Å². The van der Waals surface area contributed by atoms with Crippen LogP contribution in [-0.2, 0) is 11.4 Å². The molecule has 1 aromatic heterocycles. The number of hydroxylamine groups is 1. The molecule has 2 heterocycles. The number of aliphatic hydroxyl groups excluding tert-OH is 1. The summed E-state index contributed by atoms with van der Waals surface area (Å²) in [6.07, 6.45) is 3.69. The lowest BCUT2D eigenvalue weighted by molar-refractivity contribution is 0.173. The van der Waals surface area contributed by atoms with Crippen LogP contribution in [0.25, 0.3) is 11.6 Å². The van der Waals surface area contributed by atoms with Crippen LogP contribution in [0.3, 0.4) is 0 Å². The number of halogens is 2. The molecule has 8 heteroatoms. The Balaban J connectivity index is 1.70. The Morgan fingerprint density at radius 2 is 1.93 bits per heavy atom. The zero-order valence-corrected chi connectivity index (χ0v) is 17.1. The first-order chi connectivity index (χ1) is 14.1. The first kappa shape index (κ1) is 19.7. The van der Waals surface area contributed by atoms with Gasteiger partial charge in [0.2, 0.25) is 5.95 Å². The zero-order valence-electron chi connectivity index (χ0n) is 15.6. The van der Waals surface area contributed by atoms with Crippen molar-refractivity contribution >= 4 is 52.3 Å². The minimum atomic E-state index is -0.0316. The predicted molar refractivity (Wildman–Crippen MR) is 116 cm³/mol. The van der Waals surface area contributed by atoms with Crippen molar-refractivity contribution in [2.24, 2.45) is 0 Å². The number of rotatable bonds is 5. The van der Waals surface area contributed by atoms with Gasteiger partial charge in [0.05, 0.1) is 20.3 Å². The van der Waals surface area contributed by atoms with Crippen molar-refractivity contribution in [2.75, 3.05) is 24.0 Å². The number of hydrogen-bond donors (Lipinski definition) is 2. The Kier molecular flexibility index (Phi) is 5.69. The third kappa shape index (κ3) is 4.06. The fourth-order valence-electron chi connectivity index (χ4n) is 3.19. The van der Waals surface area contributed by atoms with Crippen LogP contribution >= 0.6 is 23.2 Å². The SMILES string of the molecule is CON1CC(c2c(Cl)cccc2Cl)=Cc2cnc(Nc3cccc(CO)c3)nc21. The second-order valence-electron chi connectivity index (χ2n) is 6.44. The molecule has 2 N–H and O–H groups in total. The normalized spacial score (nSPS) is 13.1. The molecule has 0 saturated heterocycles. The van der Waals surface area contributed by atoms with E-state index in [1.165, 1.54) is 0 Å². The van der Waals surface area contributed by atoms with Crippen molar-refractivity contribution in [3.05, 3.63) is 75.4 Å². The average molecular weight is 429 g/mol. The molecule has 0 unspecified atom stereocenters. The Bertz CT molecular complexity index is 1070. The summed E-state index contributed by atoms with van der Waals surface area (Å²) in [6, 6.07) is 12.8. The van der Waals surface area contributed by atoms with E-state index < -0.39 is 0 Å². The molecule has 0 fully saturated rings. The lowest BCUT2D eigenvalue weighted by Crippen LogP contribution is -2.28. The highest BCUT2D eigenvalue weighted by atomic mass is 35.5. The summed E-state index contributed by atoms with van der Waals surface area (Å²) in [5, 5.41) is 15.3. The summed E-state index contributed by atoms with van der Waals surface area (Å²) >= 11 is 12.8. The Morgan fingerprint density at radius 3 is 2.66 bits per heavy atom. The van der Waals surface area contributed by atoms with Gasteiger partial charge in [0.25, 0.3) is 0 Å². The van der Waals surface area contributed by atoms with Crippen LogP contribution in [-0.4, -0.2) is 28.7 Å². The third-order valence-corrected chi connectivity index (χ3v) is 5.18. The smallest absolute Gasteiger partial charge is 0.229 e. The molecule has 0 bridgehead atoms. The molecular formula is C21H18Cl2N4O2. The molecule has 0 amide bonds. The topological polar surface area (TPSA) is 70.5 Å². The van der Waals surface area contributed by atoms with Crippen molar-refractivity contribution in [3.8, 4) is 0 Å². The number of benzene rings is 2. The summed E-state index contributed by atoms with van der Waals surface area (Å²) in [6.45, 7) is 0.402. The summed E-state index contributed by atoms with van der Waals surface area (Å²) in [4.78, 5) is 14.5. The quantitative estimate of drug-likeness (QED) is 0.599. The highest BCUT2D eigenvalue weighted by Crippen LogP contribution is 2.37. The minimum Gasteiger partial charge on any atom is -0.392 e. The molecule has 29 heavy (non-hydrogen) atoms. The molecule has 0 spiro atoms. The molecule has 148 valence electrons. The van der Waals surface area contributed by atoms with Gasteiger partial charge in [0.15, 0.2) is 5.82 Å². The van der Waals surface area contributed by atoms with E-state index >= 15 is 0 Å². The van der Waals surface area contributed by atoms with Gasteiger partial charge in [-0.15, -0.1) is 0 Å². The van der Waals surface area contributed by atoms with Gasteiger partial charge in [0.1, 0.15) is 0 Å². The minimum absolute atomic E-state index is 0.0316. The third-order valence-electron chi connectivity index (χ3n) is 4.55. The lowest BCUT2D eigenvalue weighted by Gasteiger charge is -2.28. The molecule has 3 aromatic rings. The zero-order chi connectivity index (χ0) is 20.4. The highest BCUT2D eigenvalue weighted by Gasteiger charge is 2.24. The van der Waals surface area contributed by atoms with E-state index in [9.17, 15) is 5.11 Å². The van der Waals surface area contributed by atoms with E-state index in [4.69, 9.17) is 28.0 Å². The number of aromatic nitrogens is 2. The van der Waals surface area contributed by atoms with Crippen LogP contribution in [0.4, 0.5) is 17.5 Å². The van der Waals surface area contributed by atoms with Gasteiger partial charge in [0, 0.05) is 33.1 Å². The van der Waals surface area contributed by atoms with Crippen molar-refractivity contribution in [1.82, 2.24) is 9.97 Å². The summed E-state index contributed by atoms with van der Waals surface area (Å²) in [7, 11) is 1.58. The standard InChI is InChI=1S/C21H18Cl2N4O2/c1-29-27-11-15(19-17(22)6-3-7-18(19)23)9-14-10-24-21(26-20(14)27)25-16-5-2-4-13(8-16)12-28/h2-10,28H,11-12H2,1H3,(H,24,25,26). The Labute approximate surface area is 178 Å². The van der Waals surface area contributed by atoms with Crippen LogP contribution in [0.15, 0.2) is 48.7 Å². The maximum atomic E-state index is 9.30. The second kappa shape index (κ2) is 8.39. The Hall–Kier alpha value is -2.64. The molecule has 4 rings (SSSR count). The fraction of sp³-hybridized carbons (Fsp3) is 0.143. The van der Waals surface area contributed by atoms with Gasteiger partial charge >= 0.3 is 0 Å². The van der Waals surface area contributed by atoms with Crippen molar-refractivity contribution in [2.45, 2.75) is 6.61 Å². The average Bonchev–Trinajstić information content (AvgIpc) is 2.73. The van der Waals surface area contributed by atoms with E-state index in [0.717, 1.165) is 28.0 Å². The van der Waals surface area contributed by atoms with Gasteiger partial charge in [-0.05, 0) is 41.5 Å². The lowest BCUT2D eigenvalue weighted by atomic mass is 10.0. The summed E-state index contributed by atoms with van der Waals surface area (Å²) < 4.78 is 0. The molecule has 0 atom stereocenters. The van der Waals surface area contributed by atoms with Crippen molar-refractivity contribution in [1.29, 1.82) is 0 Å². The number of anilines is 3. The molecule has 2 aromatic carbocycles. The van der Waals surface area contributed by atoms with Gasteiger partial charge in [-0.25, -0.2) is 10.0 Å². The molecule has 0 radical (unpaired) electrons. The number of fused-ring (bicyclic) bond motifs is 1. The summed E-state index contributed by atoms with van der Waals surface area (Å²) in [5.74, 6) is 1.06. The van der Waals surface area contributed by atoms with E-state index in [0.29, 0.717) is 28.4 Å². The maximum absolute atomic E-state index is 9.30.